The highest BCUT2D eigenvalue weighted by atomic mass is 79.9. The van der Waals surface area contributed by atoms with Crippen LogP contribution in [0.3, 0.4) is 0 Å². The van der Waals surface area contributed by atoms with Gasteiger partial charge in [0.25, 0.3) is 6.08 Å². The van der Waals surface area contributed by atoms with Crippen LogP contribution in [0.15, 0.2) is 51.5 Å². The number of benzene rings is 1. The molecular weight excluding hydrogens is 494 g/mol. The maximum atomic E-state index is 13.3. The lowest BCUT2D eigenvalue weighted by atomic mass is 10.2. The smallest absolute Gasteiger partial charge is 0.407 e. The summed E-state index contributed by atoms with van der Waals surface area (Å²) in [7, 11) is 0. The molecule has 0 aliphatic rings. The topological polar surface area (TPSA) is 78.2 Å². The van der Waals surface area contributed by atoms with Crippen LogP contribution in [0.2, 0.25) is 0 Å². The van der Waals surface area contributed by atoms with Crippen molar-refractivity contribution in [3.8, 4) is 0 Å². The van der Waals surface area contributed by atoms with Crippen LogP contribution in [0, 0.1) is 0 Å². The molecule has 1 N–H and O–H groups in total. The van der Waals surface area contributed by atoms with E-state index in [1.165, 1.54) is 10.9 Å². The molecule has 0 aliphatic carbocycles. The lowest BCUT2D eigenvalue weighted by Gasteiger charge is -2.19. The summed E-state index contributed by atoms with van der Waals surface area (Å²) in [6.45, 7) is 4.39. The minimum atomic E-state index is -1.98. The van der Waals surface area contributed by atoms with Gasteiger partial charge in [-0.05, 0) is 44.4 Å². The van der Waals surface area contributed by atoms with Crippen molar-refractivity contribution in [3.05, 3.63) is 62.1 Å². The normalized spacial score (nSPS) is 11.5. The molecule has 0 spiro atoms. The fraction of sp³-hybridized carbons (Fsp3) is 0.350. The van der Waals surface area contributed by atoms with Gasteiger partial charge in [-0.3, -0.25) is 4.57 Å². The second-order valence-electron chi connectivity index (χ2n) is 7.81. The van der Waals surface area contributed by atoms with Crippen molar-refractivity contribution in [1.82, 2.24) is 19.7 Å². The molecule has 3 aromatic rings. The summed E-state index contributed by atoms with van der Waals surface area (Å²) < 4.78 is 36.1. The predicted octanol–water partition coefficient (Wildman–Crippen LogP) is 4.75. The van der Waals surface area contributed by atoms with E-state index in [0.717, 1.165) is 24.1 Å². The Kier molecular flexibility index (Phi) is 6.95. The first-order valence-electron chi connectivity index (χ1n) is 9.32. The average molecular weight is 515 g/mol. The third-order valence-electron chi connectivity index (χ3n) is 4.11. The zero-order chi connectivity index (χ0) is 22.8. The van der Waals surface area contributed by atoms with Gasteiger partial charge < -0.3 is 10.1 Å². The number of carbonyl (C=O) groups is 1. The summed E-state index contributed by atoms with van der Waals surface area (Å²) in [4.78, 5) is 25.3. The Balaban J connectivity index is 1.69. The van der Waals surface area contributed by atoms with E-state index in [2.05, 4.69) is 26.3 Å². The maximum absolute atomic E-state index is 13.3. The first-order chi connectivity index (χ1) is 14.5. The molecule has 0 atom stereocenters. The van der Waals surface area contributed by atoms with Gasteiger partial charge in [-0.15, -0.1) is 11.3 Å². The SMILES string of the molecule is CC(C)(C)OC(=O)NCC(Cn1ncn(Cc2cc3ccc(Br)cc3s2)c1=O)=C(F)F. The van der Waals surface area contributed by atoms with E-state index in [1.54, 1.807) is 32.1 Å². The molecule has 1 amide bonds. The van der Waals surface area contributed by atoms with E-state index in [9.17, 15) is 18.4 Å². The standard InChI is InChI=1S/C20H21BrF2N4O3S/c1-20(2,3)30-18(28)24-8-13(17(22)23)9-27-19(29)26(11-25-27)10-15-6-12-4-5-14(21)7-16(12)31-15/h4-7,11H,8-10H2,1-3H3,(H,24,28). The second-order valence-corrected chi connectivity index (χ2v) is 9.90. The number of thiophene rings is 1. The molecule has 31 heavy (non-hydrogen) atoms. The minimum Gasteiger partial charge on any atom is -0.444 e. The molecule has 0 saturated heterocycles. The van der Waals surface area contributed by atoms with Crippen molar-refractivity contribution in [2.24, 2.45) is 0 Å². The molecular formula is C20H21BrF2N4O3S. The number of amides is 1. The number of aromatic nitrogens is 3. The number of alkyl carbamates (subject to hydrolysis) is 1. The maximum Gasteiger partial charge on any atom is 0.407 e. The number of hydrogen-bond donors (Lipinski definition) is 1. The Bertz CT molecular complexity index is 1190. The molecule has 0 aliphatic heterocycles. The molecule has 0 bridgehead atoms. The number of halogens is 3. The van der Waals surface area contributed by atoms with Crippen LogP contribution >= 0.6 is 27.3 Å². The van der Waals surface area contributed by atoms with Gasteiger partial charge in [0, 0.05) is 26.2 Å². The summed E-state index contributed by atoms with van der Waals surface area (Å²) in [5, 5.41) is 7.27. The van der Waals surface area contributed by atoms with Gasteiger partial charge in [-0.25, -0.2) is 14.3 Å². The Morgan fingerprint density at radius 2 is 2.03 bits per heavy atom. The first kappa shape index (κ1) is 23.1. The molecule has 0 saturated carbocycles. The highest BCUT2D eigenvalue weighted by Crippen LogP contribution is 2.28. The molecule has 166 valence electrons. The van der Waals surface area contributed by atoms with E-state index in [0.29, 0.717) is 0 Å². The van der Waals surface area contributed by atoms with E-state index in [4.69, 9.17) is 4.74 Å². The minimum absolute atomic E-state index is 0.281. The highest BCUT2D eigenvalue weighted by Gasteiger charge is 2.18. The Hall–Kier alpha value is -2.53. The van der Waals surface area contributed by atoms with Gasteiger partial charge >= 0.3 is 11.8 Å². The van der Waals surface area contributed by atoms with Gasteiger partial charge in [0.1, 0.15) is 11.9 Å². The van der Waals surface area contributed by atoms with Gasteiger partial charge in [-0.1, -0.05) is 22.0 Å². The molecule has 1 aromatic carbocycles. The Morgan fingerprint density at radius 3 is 2.71 bits per heavy atom. The summed E-state index contributed by atoms with van der Waals surface area (Å²) in [5.74, 6) is 0. The van der Waals surface area contributed by atoms with Crippen LogP contribution < -0.4 is 11.0 Å². The van der Waals surface area contributed by atoms with Crippen LogP contribution in [0.25, 0.3) is 10.1 Å². The van der Waals surface area contributed by atoms with Crippen LogP contribution in [0.5, 0.6) is 0 Å². The van der Waals surface area contributed by atoms with Crippen molar-refractivity contribution in [3.63, 3.8) is 0 Å². The van der Waals surface area contributed by atoms with Crippen molar-refractivity contribution in [2.45, 2.75) is 39.5 Å². The van der Waals surface area contributed by atoms with Gasteiger partial charge in [0.15, 0.2) is 0 Å². The Morgan fingerprint density at radius 1 is 1.29 bits per heavy atom. The van der Waals surface area contributed by atoms with E-state index in [-0.39, 0.29) is 6.54 Å². The van der Waals surface area contributed by atoms with Crippen LogP contribution in [-0.4, -0.2) is 32.6 Å². The summed E-state index contributed by atoms with van der Waals surface area (Å²) >= 11 is 4.97. The van der Waals surface area contributed by atoms with Crippen molar-refractivity contribution < 1.29 is 18.3 Å². The molecule has 3 rings (SSSR count). The Labute approximate surface area is 189 Å². The third kappa shape index (κ3) is 6.23. The van der Waals surface area contributed by atoms with Crippen molar-refractivity contribution >= 4 is 43.4 Å². The quantitative estimate of drug-likeness (QED) is 0.515. The average Bonchev–Trinajstić information content (AvgIpc) is 3.20. The molecule has 2 aromatic heterocycles. The molecule has 0 unspecified atom stereocenters. The number of ether oxygens (including phenoxy) is 1. The van der Waals surface area contributed by atoms with Gasteiger partial charge in [0.2, 0.25) is 0 Å². The van der Waals surface area contributed by atoms with Crippen LogP contribution in [-0.2, 0) is 17.8 Å². The lowest BCUT2D eigenvalue weighted by molar-refractivity contribution is 0.0531. The van der Waals surface area contributed by atoms with Gasteiger partial charge in [0.05, 0.1) is 13.1 Å². The van der Waals surface area contributed by atoms with E-state index >= 15 is 0 Å². The monoisotopic (exact) mass is 514 g/mol. The molecule has 0 fully saturated rings. The number of nitrogens with one attached hydrogen (secondary N) is 1. The number of nitrogens with zero attached hydrogens (tertiary/aromatic N) is 3. The number of fused-ring (bicyclic) bond motifs is 1. The molecule has 7 nitrogen and oxygen atoms in total. The predicted molar refractivity (Wildman–Crippen MR) is 119 cm³/mol. The summed E-state index contributed by atoms with van der Waals surface area (Å²) in [5.41, 5.74) is -1.69. The zero-order valence-corrected chi connectivity index (χ0v) is 19.5. The number of rotatable bonds is 6. The fourth-order valence-electron chi connectivity index (χ4n) is 2.75. The van der Waals surface area contributed by atoms with Crippen LogP contribution in [0.4, 0.5) is 13.6 Å². The van der Waals surface area contributed by atoms with Crippen molar-refractivity contribution in [1.29, 1.82) is 0 Å². The fourth-order valence-corrected chi connectivity index (χ4v) is 4.37. The third-order valence-corrected chi connectivity index (χ3v) is 5.68. The summed E-state index contributed by atoms with van der Waals surface area (Å²) in [6, 6.07) is 7.89. The molecule has 0 radical (unpaired) electrons. The number of hydrogen-bond acceptors (Lipinski definition) is 5. The zero-order valence-electron chi connectivity index (χ0n) is 17.1. The second kappa shape index (κ2) is 9.31. The highest BCUT2D eigenvalue weighted by molar-refractivity contribution is 9.10. The van der Waals surface area contributed by atoms with E-state index < -0.39 is 42.1 Å². The summed E-state index contributed by atoms with van der Waals surface area (Å²) in [6.07, 6.45) is -1.48. The van der Waals surface area contributed by atoms with E-state index in [1.807, 2.05) is 24.3 Å². The molecule has 11 heteroatoms. The number of carbonyl (C=O) groups excluding carboxylic acids is 1. The van der Waals surface area contributed by atoms with Crippen molar-refractivity contribution in [2.75, 3.05) is 6.54 Å². The van der Waals surface area contributed by atoms with Crippen LogP contribution in [0.1, 0.15) is 25.6 Å². The largest absolute Gasteiger partial charge is 0.444 e. The van der Waals surface area contributed by atoms with Gasteiger partial charge in [-0.2, -0.15) is 13.9 Å². The molecule has 2 heterocycles. The lowest BCUT2D eigenvalue weighted by Crippen LogP contribution is -2.35. The first-order valence-corrected chi connectivity index (χ1v) is 10.9.